The second-order valence-electron chi connectivity index (χ2n) is 8.37. The zero-order valence-corrected chi connectivity index (χ0v) is 18.3. The Bertz CT molecular complexity index is 1040. The van der Waals surface area contributed by atoms with Crippen LogP contribution in [0, 0.1) is 6.92 Å². The SMILES string of the molecule is Cc1cc(-c2ccccc2)ccc1NC(=O)C(NC(=O)OC(C)(C)C)c1ccccc1. The summed E-state index contributed by atoms with van der Waals surface area (Å²) in [5, 5.41) is 5.64. The number of amides is 2. The molecule has 0 radical (unpaired) electrons. The fourth-order valence-corrected chi connectivity index (χ4v) is 3.19. The topological polar surface area (TPSA) is 67.4 Å². The molecule has 3 aromatic rings. The maximum Gasteiger partial charge on any atom is 0.408 e. The van der Waals surface area contributed by atoms with E-state index in [9.17, 15) is 9.59 Å². The first-order chi connectivity index (χ1) is 14.7. The molecule has 0 saturated carbocycles. The van der Waals surface area contributed by atoms with E-state index in [1.54, 1.807) is 32.9 Å². The normalized spacial score (nSPS) is 12.0. The predicted molar refractivity (Wildman–Crippen MR) is 124 cm³/mol. The minimum Gasteiger partial charge on any atom is -0.444 e. The number of benzene rings is 3. The van der Waals surface area contributed by atoms with Crippen LogP contribution in [0.4, 0.5) is 10.5 Å². The van der Waals surface area contributed by atoms with Crippen molar-refractivity contribution in [2.75, 3.05) is 5.32 Å². The first-order valence-electron chi connectivity index (χ1n) is 10.2. The third-order valence-electron chi connectivity index (χ3n) is 4.65. The fourth-order valence-electron chi connectivity index (χ4n) is 3.19. The molecule has 0 saturated heterocycles. The van der Waals surface area contributed by atoms with Crippen LogP contribution in [0.3, 0.4) is 0 Å². The summed E-state index contributed by atoms with van der Waals surface area (Å²) in [5.74, 6) is -0.340. The number of nitrogens with one attached hydrogen (secondary N) is 2. The molecule has 0 fully saturated rings. The van der Waals surface area contributed by atoms with Gasteiger partial charge in [0.15, 0.2) is 0 Å². The molecule has 2 amide bonds. The Morgan fingerprint density at radius 3 is 2.03 bits per heavy atom. The fraction of sp³-hybridized carbons (Fsp3) is 0.231. The number of ether oxygens (including phenoxy) is 1. The highest BCUT2D eigenvalue weighted by molar-refractivity contribution is 5.98. The van der Waals surface area contributed by atoms with E-state index in [-0.39, 0.29) is 5.91 Å². The summed E-state index contributed by atoms with van der Waals surface area (Å²) >= 11 is 0. The Balaban J connectivity index is 1.81. The van der Waals surface area contributed by atoms with Crippen molar-refractivity contribution in [3.63, 3.8) is 0 Å². The van der Waals surface area contributed by atoms with E-state index in [0.29, 0.717) is 11.3 Å². The van der Waals surface area contributed by atoms with Gasteiger partial charge in [-0.05, 0) is 62.1 Å². The molecule has 3 aromatic carbocycles. The minimum absolute atomic E-state index is 0.340. The van der Waals surface area contributed by atoms with E-state index in [4.69, 9.17) is 4.74 Å². The summed E-state index contributed by atoms with van der Waals surface area (Å²) in [6.45, 7) is 7.28. The van der Waals surface area contributed by atoms with Gasteiger partial charge in [0, 0.05) is 5.69 Å². The van der Waals surface area contributed by atoms with E-state index in [1.165, 1.54) is 0 Å². The van der Waals surface area contributed by atoms with Crippen molar-refractivity contribution in [1.82, 2.24) is 5.32 Å². The first kappa shape index (κ1) is 22.1. The van der Waals surface area contributed by atoms with Gasteiger partial charge in [0.05, 0.1) is 0 Å². The zero-order valence-electron chi connectivity index (χ0n) is 18.3. The van der Waals surface area contributed by atoms with E-state index in [2.05, 4.69) is 10.6 Å². The monoisotopic (exact) mass is 416 g/mol. The zero-order chi connectivity index (χ0) is 22.4. The van der Waals surface area contributed by atoms with Gasteiger partial charge < -0.3 is 15.4 Å². The Labute approximate surface area is 183 Å². The molecular formula is C26H28N2O3. The van der Waals surface area contributed by atoms with Crippen LogP contribution in [-0.4, -0.2) is 17.6 Å². The van der Waals surface area contributed by atoms with Crippen LogP contribution in [0.15, 0.2) is 78.9 Å². The summed E-state index contributed by atoms with van der Waals surface area (Å²) in [6, 6.07) is 24.2. The minimum atomic E-state index is -0.885. The van der Waals surface area contributed by atoms with Gasteiger partial charge in [0.1, 0.15) is 11.6 Å². The number of hydrogen-bond acceptors (Lipinski definition) is 3. The summed E-state index contributed by atoms with van der Waals surface area (Å²) in [6.07, 6.45) is -0.646. The molecule has 3 rings (SSSR count). The molecule has 0 heterocycles. The molecule has 0 aliphatic rings. The smallest absolute Gasteiger partial charge is 0.408 e. The number of aryl methyl sites for hydroxylation is 1. The van der Waals surface area contributed by atoms with E-state index < -0.39 is 17.7 Å². The molecule has 31 heavy (non-hydrogen) atoms. The molecule has 0 aliphatic heterocycles. The highest BCUT2D eigenvalue weighted by Gasteiger charge is 2.26. The number of rotatable bonds is 5. The van der Waals surface area contributed by atoms with Gasteiger partial charge in [0.2, 0.25) is 0 Å². The maximum atomic E-state index is 13.1. The van der Waals surface area contributed by atoms with Gasteiger partial charge in [-0.2, -0.15) is 0 Å². The molecule has 0 spiro atoms. The van der Waals surface area contributed by atoms with Gasteiger partial charge in [-0.1, -0.05) is 66.7 Å². The van der Waals surface area contributed by atoms with Crippen molar-refractivity contribution in [2.24, 2.45) is 0 Å². The molecule has 1 atom stereocenters. The van der Waals surface area contributed by atoms with Crippen molar-refractivity contribution in [3.8, 4) is 11.1 Å². The van der Waals surface area contributed by atoms with Crippen molar-refractivity contribution < 1.29 is 14.3 Å². The Morgan fingerprint density at radius 1 is 0.839 bits per heavy atom. The van der Waals surface area contributed by atoms with Gasteiger partial charge in [-0.15, -0.1) is 0 Å². The third-order valence-corrected chi connectivity index (χ3v) is 4.65. The lowest BCUT2D eigenvalue weighted by atomic mass is 10.0. The van der Waals surface area contributed by atoms with Gasteiger partial charge >= 0.3 is 6.09 Å². The molecule has 5 heteroatoms. The summed E-state index contributed by atoms with van der Waals surface area (Å²) < 4.78 is 5.35. The lowest BCUT2D eigenvalue weighted by Gasteiger charge is -2.24. The second-order valence-corrected chi connectivity index (χ2v) is 8.37. The summed E-state index contributed by atoms with van der Waals surface area (Å²) in [4.78, 5) is 25.5. The molecule has 0 aliphatic carbocycles. The highest BCUT2D eigenvalue weighted by atomic mass is 16.6. The van der Waals surface area contributed by atoms with Gasteiger partial charge in [0.25, 0.3) is 5.91 Å². The first-order valence-corrected chi connectivity index (χ1v) is 10.2. The maximum absolute atomic E-state index is 13.1. The summed E-state index contributed by atoms with van der Waals surface area (Å²) in [7, 11) is 0. The van der Waals surface area contributed by atoms with Gasteiger partial charge in [-0.3, -0.25) is 4.79 Å². The quantitative estimate of drug-likeness (QED) is 0.547. The third kappa shape index (κ3) is 6.19. The van der Waals surface area contributed by atoms with Crippen LogP contribution in [0.1, 0.15) is 37.9 Å². The van der Waals surface area contributed by atoms with Crippen LogP contribution in [0.25, 0.3) is 11.1 Å². The molecule has 0 bridgehead atoms. The molecule has 2 N–H and O–H groups in total. The standard InChI is InChI=1S/C26H28N2O3/c1-18-17-21(19-11-7-5-8-12-19)15-16-22(18)27-24(29)23(20-13-9-6-10-14-20)28-25(30)31-26(2,3)4/h5-17,23H,1-4H3,(H,27,29)(H,28,30). The number of carbonyl (C=O) groups is 2. The molecule has 1 unspecified atom stereocenters. The van der Waals surface area contributed by atoms with Crippen LogP contribution in [0.2, 0.25) is 0 Å². The average molecular weight is 417 g/mol. The molecular weight excluding hydrogens is 388 g/mol. The largest absolute Gasteiger partial charge is 0.444 e. The van der Waals surface area contributed by atoms with Crippen LogP contribution in [0.5, 0.6) is 0 Å². The number of anilines is 1. The molecule has 160 valence electrons. The number of carbonyl (C=O) groups excluding carboxylic acids is 2. The lowest BCUT2D eigenvalue weighted by Crippen LogP contribution is -2.40. The van der Waals surface area contributed by atoms with E-state index >= 15 is 0 Å². The molecule has 5 nitrogen and oxygen atoms in total. The Kier molecular flexibility index (Phi) is 6.75. The predicted octanol–water partition coefficient (Wildman–Crippen LogP) is 5.87. The van der Waals surface area contributed by atoms with Crippen LogP contribution >= 0.6 is 0 Å². The average Bonchev–Trinajstić information content (AvgIpc) is 2.73. The van der Waals surface area contributed by atoms with Crippen molar-refractivity contribution >= 4 is 17.7 Å². The van der Waals surface area contributed by atoms with Crippen molar-refractivity contribution in [1.29, 1.82) is 0 Å². The van der Waals surface area contributed by atoms with E-state index in [1.807, 2.05) is 73.7 Å². The van der Waals surface area contributed by atoms with Gasteiger partial charge in [-0.25, -0.2) is 4.79 Å². The van der Waals surface area contributed by atoms with E-state index in [0.717, 1.165) is 16.7 Å². The van der Waals surface area contributed by atoms with Crippen LogP contribution < -0.4 is 10.6 Å². The number of alkyl carbamates (subject to hydrolysis) is 1. The number of hydrogen-bond donors (Lipinski definition) is 2. The highest BCUT2D eigenvalue weighted by Crippen LogP contribution is 2.26. The second kappa shape index (κ2) is 9.47. The van der Waals surface area contributed by atoms with Crippen molar-refractivity contribution in [2.45, 2.75) is 39.3 Å². The summed E-state index contributed by atoms with van der Waals surface area (Å²) in [5.41, 5.74) is 3.81. The lowest BCUT2D eigenvalue weighted by molar-refractivity contribution is -0.118. The van der Waals surface area contributed by atoms with Crippen LogP contribution in [-0.2, 0) is 9.53 Å². The Morgan fingerprint density at radius 2 is 1.45 bits per heavy atom. The Hall–Kier alpha value is -3.60. The van der Waals surface area contributed by atoms with Crippen molar-refractivity contribution in [3.05, 3.63) is 90.0 Å². The molecule has 0 aromatic heterocycles.